The first-order chi connectivity index (χ1) is 12.2. The SMILES string of the molecule is CN=C(NCCc1sc(C)nc1C)Nc1ccc2c(c1)OCCCO2. The molecular formula is C18H24N4O2S. The molecular weight excluding hydrogens is 336 g/mol. The van der Waals surface area contributed by atoms with Gasteiger partial charge in [0.1, 0.15) is 0 Å². The van der Waals surface area contributed by atoms with E-state index >= 15 is 0 Å². The molecule has 3 rings (SSSR count). The second kappa shape index (κ2) is 8.20. The van der Waals surface area contributed by atoms with Crippen molar-refractivity contribution in [2.45, 2.75) is 26.7 Å². The Balaban J connectivity index is 1.57. The zero-order chi connectivity index (χ0) is 17.6. The van der Waals surface area contributed by atoms with Crippen molar-refractivity contribution in [3.05, 3.63) is 33.8 Å². The van der Waals surface area contributed by atoms with Gasteiger partial charge in [-0.2, -0.15) is 0 Å². The molecule has 0 aliphatic carbocycles. The molecule has 7 heteroatoms. The monoisotopic (exact) mass is 360 g/mol. The average Bonchev–Trinajstić information content (AvgIpc) is 2.79. The van der Waals surface area contributed by atoms with Gasteiger partial charge in [0.05, 0.1) is 23.9 Å². The first-order valence-electron chi connectivity index (χ1n) is 8.46. The maximum atomic E-state index is 5.73. The predicted molar refractivity (Wildman–Crippen MR) is 102 cm³/mol. The lowest BCUT2D eigenvalue weighted by Crippen LogP contribution is -2.32. The summed E-state index contributed by atoms with van der Waals surface area (Å²) in [6.45, 7) is 6.27. The summed E-state index contributed by atoms with van der Waals surface area (Å²) in [6, 6.07) is 5.85. The van der Waals surface area contributed by atoms with Gasteiger partial charge >= 0.3 is 0 Å². The normalized spacial score (nSPS) is 14.1. The average molecular weight is 360 g/mol. The number of hydrogen-bond acceptors (Lipinski definition) is 5. The van der Waals surface area contributed by atoms with Gasteiger partial charge in [-0.05, 0) is 26.0 Å². The second-order valence-corrected chi connectivity index (χ2v) is 7.12. The standard InChI is InChI=1S/C18H24N4O2S/c1-12-17(25-13(2)21-12)7-8-20-18(19-3)22-14-5-6-15-16(11-14)24-10-4-9-23-15/h5-6,11H,4,7-10H2,1-3H3,(H2,19,20,22). The number of hydrogen-bond donors (Lipinski definition) is 2. The van der Waals surface area contributed by atoms with E-state index in [-0.39, 0.29) is 0 Å². The molecule has 0 spiro atoms. The molecule has 1 aliphatic heterocycles. The van der Waals surface area contributed by atoms with Crippen molar-refractivity contribution in [2.24, 2.45) is 4.99 Å². The molecule has 0 saturated heterocycles. The molecule has 0 fully saturated rings. The van der Waals surface area contributed by atoms with Gasteiger partial charge in [-0.25, -0.2) is 4.98 Å². The van der Waals surface area contributed by atoms with E-state index < -0.39 is 0 Å². The first kappa shape index (κ1) is 17.5. The fraction of sp³-hybridized carbons (Fsp3) is 0.444. The van der Waals surface area contributed by atoms with E-state index in [0.29, 0.717) is 13.2 Å². The number of thiazole rings is 1. The number of guanidine groups is 1. The van der Waals surface area contributed by atoms with Crippen LogP contribution in [0, 0.1) is 13.8 Å². The van der Waals surface area contributed by atoms with Gasteiger partial charge in [-0.1, -0.05) is 0 Å². The molecule has 25 heavy (non-hydrogen) atoms. The fourth-order valence-corrected chi connectivity index (χ4v) is 3.59. The van der Waals surface area contributed by atoms with Gasteiger partial charge in [0.2, 0.25) is 0 Å². The summed E-state index contributed by atoms with van der Waals surface area (Å²) in [6.07, 6.45) is 1.83. The van der Waals surface area contributed by atoms with Crippen LogP contribution in [0.2, 0.25) is 0 Å². The van der Waals surface area contributed by atoms with Crippen LogP contribution in [0.1, 0.15) is 22.0 Å². The quantitative estimate of drug-likeness (QED) is 0.648. The molecule has 1 aromatic heterocycles. The number of nitrogens with one attached hydrogen (secondary N) is 2. The van der Waals surface area contributed by atoms with Crippen LogP contribution in [0.15, 0.2) is 23.2 Å². The number of ether oxygens (including phenoxy) is 2. The maximum absolute atomic E-state index is 5.73. The van der Waals surface area contributed by atoms with Crippen molar-refractivity contribution < 1.29 is 9.47 Å². The molecule has 0 atom stereocenters. The number of rotatable bonds is 4. The van der Waals surface area contributed by atoms with Crippen LogP contribution in [0.3, 0.4) is 0 Å². The number of aromatic nitrogens is 1. The molecule has 0 bridgehead atoms. The molecule has 1 aromatic carbocycles. The van der Waals surface area contributed by atoms with Gasteiger partial charge in [0.25, 0.3) is 0 Å². The van der Waals surface area contributed by atoms with E-state index in [2.05, 4.69) is 27.5 Å². The Morgan fingerprint density at radius 2 is 2.04 bits per heavy atom. The number of benzene rings is 1. The molecule has 2 heterocycles. The molecule has 1 aliphatic rings. The Labute approximate surface area is 152 Å². The molecule has 134 valence electrons. The Morgan fingerprint density at radius 3 is 2.76 bits per heavy atom. The molecule has 2 aromatic rings. The number of aliphatic imine (C=N–C) groups is 1. The van der Waals surface area contributed by atoms with Crippen molar-refractivity contribution in [1.82, 2.24) is 10.3 Å². The lowest BCUT2D eigenvalue weighted by molar-refractivity contribution is 0.297. The van der Waals surface area contributed by atoms with Gasteiger partial charge in [0, 0.05) is 43.1 Å². The Hall–Kier alpha value is -2.28. The summed E-state index contributed by atoms with van der Waals surface area (Å²) in [5.74, 6) is 2.30. The molecule has 0 saturated carbocycles. The van der Waals surface area contributed by atoms with Crippen molar-refractivity contribution in [1.29, 1.82) is 0 Å². The van der Waals surface area contributed by atoms with Crippen LogP contribution < -0.4 is 20.1 Å². The second-order valence-electron chi connectivity index (χ2n) is 5.83. The fourth-order valence-electron chi connectivity index (χ4n) is 2.66. The molecule has 0 amide bonds. The zero-order valence-corrected chi connectivity index (χ0v) is 15.7. The third-order valence-electron chi connectivity index (χ3n) is 3.88. The van der Waals surface area contributed by atoms with Crippen molar-refractivity contribution in [2.75, 3.05) is 32.1 Å². The molecule has 0 radical (unpaired) electrons. The number of anilines is 1. The van der Waals surface area contributed by atoms with E-state index in [9.17, 15) is 0 Å². The number of nitrogens with zero attached hydrogens (tertiary/aromatic N) is 2. The Morgan fingerprint density at radius 1 is 1.24 bits per heavy atom. The summed E-state index contributed by atoms with van der Waals surface area (Å²) in [7, 11) is 1.76. The molecule has 2 N–H and O–H groups in total. The third-order valence-corrected chi connectivity index (χ3v) is 5.01. The highest BCUT2D eigenvalue weighted by Crippen LogP contribution is 2.32. The van der Waals surface area contributed by atoms with E-state index in [1.807, 2.05) is 25.1 Å². The lowest BCUT2D eigenvalue weighted by Gasteiger charge is -2.14. The highest BCUT2D eigenvalue weighted by Gasteiger charge is 2.11. The molecule has 0 unspecified atom stereocenters. The smallest absolute Gasteiger partial charge is 0.195 e. The third kappa shape index (κ3) is 4.63. The van der Waals surface area contributed by atoms with Crippen molar-refractivity contribution in [3.8, 4) is 11.5 Å². The summed E-state index contributed by atoms with van der Waals surface area (Å²) in [4.78, 5) is 10.1. The zero-order valence-electron chi connectivity index (χ0n) is 14.9. The largest absolute Gasteiger partial charge is 0.490 e. The lowest BCUT2D eigenvalue weighted by atomic mass is 10.2. The Bertz CT molecular complexity index is 758. The van der Waals surface area contributed by atoms with Gasteiger partial charge in [-0.15, -0.1) is 11.3 Å². The minimum absolute atomic E-state index is 0.678. The topological polar surface area (TPSA) is 67.8 Å². The van der Waals surface area contributed by atoms with Crippen LogP contribution in [0.25, 0.3) is 0 Å². The van der Waals surface area contributed by atoms with E-state index in [4.69, 9.17) is 9.47 Å². The maximum Gasteiger partial charge on any atom is 0.195 e. The highest BCUT2D eigenvalue weighted by molar-refractivity contribution is 7.11. The highest BCUT2D eigenvalue weighted by atomic mass is 32.1. The first-order valence-corrected chi connectivity index (χ1v) is 9.27. The van der Waals surface area contributed by atoms with Crippen LogP contribution >= 0.6 is 11.3 Å². The van der Waals surface area contributed by atoms with Gasteiger partial charge < -0.3 is 20.1 Å². The van der Waals surface area contributed by atoms with Crippen LogP contribution in [0.4, 0.5) is 5.69 Å². The van der Waals surface area contributed by atoms with Gasteiger partial charge in [0.15, 0.2) is 17.5 Å². The molecule has 6 nitrogen and oxygen atoms in total. The minimum atomic E-state index is 0.678. The van der Waals surface area contributed by atoms with E-state index in [1.54, 1.807) is 18.4 Å². The summed E-state index contributed by atoms with van der Waals surface area (Å²) >= 11 is 1.75. The number of aryl methyl sites for hydroxylation is 2. The summed E-state index contributed by atoms with van der Waals surface area (Å²) < 4.78 is 11.4. The summed E-state index contributed by atoms with van der Waals surface area (Å²) in [5.41, 5.74) is 2.04. The van der Waals surface area contributed by atoms with E-state index in [0.717, 1.165) is 53.2 Å². The van der Waals surface area contributed by atoms with Crippen LogP contribution in [0.5, 0.6) is 11.5 Å². The van der Waals surface area contributed by atoms with Crippen molar-refractivity contribution >= 4 is 23.0 Å². The van der Waals surface area contributed by atoms with Crippen molar-refractivity contribution in [3.63, 3.8) is 0 Å². The van der Waals surface area contributed by atoms with Crippen LogP contribution in [-0.4, -0.2) is 37.7 Å². The van der Waals surface area contributed by atoms with Gasteiger partial charge in [-0.3, -0.25) is 4.99 Å². The van der Waals surface area contributed by atoms with E-state index in [1.165, 1.54) is 4.88 Å². The Kier molecular flexibility index (Phi) is 5.75. The van der Waals surface area contributed by atoms with Crippen LogP contribution in [-0.2, 0) is 6.42 Å². The predicted octanol–water partition coefficient (Wildman–Crippen LogP) is 3.15. The number of fused-ring (bicyclic) bond motifs is 1. The minimum Gasteiger partial charge on any atom is -0.490 e. The summed E-state index contributed by atoms with van der Waals surface area (Å²) in [5, 5.41) is 7.75.